The number of hydrogen-bond donors (Lipinski definition) is 0. The van der Waals surface area contributed by atoms with E-state index in [1.807, 2.05) is 0 Å². The quantitative estimate of drug-likeness (QED) is 0.522. The molecular formula is C12H18N2O2. The largest absolute Gasteiger partial charge is 0.460 e. The third-order valence-corrected chi connectivity index (χ3v) is 2.74. The average Bonchev–Trinajstić information content (AvgIpc) is 2.33. The van der Waals surface area contributed by atoms with Crippen molar-refractivity contribution in [3.05, 3.63) is 12.7 Å². The van der Waals surface area contributed by atoms with Crippen LogP contribution in [0.5, 0.6) is 0 Å². The standard InChI is InChI=1S/C12H18N2O2/c1-2-10-16-12(15)11-6-3-4-8-14(11)9-5-7-13/h2,11H,1,3-6,8-10H2/t11-/m1/s1. The highest BCUT2D eigenvalue weighted by atomic mass is 16.5. The minimum atomic E-state index is -0.183. The van der Waals surface area contributed by atoms with E-state index in [0.29, 0.717) is 13.0 Å². The Morgan fingerprint density at radius 2 is 2.44 bits per heavy atom. The summed E-state index contributed by atoms with van der Waals surface area (Å²) < 4.78 is 5.06. The van der Waals surface area contributed by atoms with Crippen molar-refractivity contribution in [2.24, 2.45) is 0 Å². The average molecular weight is 222 g/mol. The maximum absolute atomic E-state index is 11.7. The molecule has 4 nitrogen and oxygen atoms in total. The van der Waals surface area contributed by atoms with E-state index < -0.39 is 0 Å². The van der Waals surface area contributed by atoms with Crippen LogP contribution in [-0.2, 0) is 9.53 Å². The highest BCUT2D eigenvalue weighted by Gasteiger charge is 2.29. The fraction of sp³-hybridized carbons (Fsp3) is 0.667. The number of piperidine rings is 1. The van der Waals surface area contributed by atoms with Gasteiger partial charge in [0.05, 0.1) is 6.07 Å². The van der Waals surface area contributed by atoms with Crippen molar-refractivity contribution in [1.29, 1.82) is 5.26 Å². The molecule has 88 valence electrons. The fourth-order valence-electron chi connectivity index (χ4n) is 1.96. The Morgan fingerprint density at radius 1 is 1.62 bits per heavy atom. The zero-order chi connectivity index (χ0) is 11.8. The molecule has 1 fully saturated rings. The van der Waals surface area contributed by atoms with Gasteiger partial charge < -0.3 is 4.74 Å². The molecule has 1 atom stereocenters. The summed E-state index contributed by atoms with van der Waals surface area (Å²) in [4.78, 5) is 13.8. The van der Waals surface area contributed by atoms with Gasteiger partial charge in [-0.15, -0.1) is 0 Å². The molecule has 0 saturated carbocycles. The number of nitriles is 1. The molecule has 0 N–H and O–H groups in total. The summed E-state index contributed by atoms with van der Waals surface area (Å²) in [6.07, 6.45) is 5.01. The minimum absolute atomic E-state index is 0.165. The maximum Gasteiger partial charge on any atom is 0.323 e. The first-order chi connectivity index (χ1) is 7.79. The summed E-state index contributed by atoms with van der Waals surface area (Å²) in [7, 11) is 0. The van der Waals surface area contributed by atoms with E-state index in [-0.39, 0.29) is 18.6 Å². The summed E-state index contributed by atoms with van der Waals surface area (Å²) in [5, 5.41) is 8.56. The van der Waals surface area contributed by atoms with Gasteiger partial charge in [-0.2, -0.15) is 5.26 Å². The maximum atomic E-state index is 11.7. The van der Waals surface area contributed by atoms with Gasteiger partial charge in [-0.1, -0.05) is 19.1 Å². The van der Waals surface area contributed by atoms with Crippen LogP contribution in [0.4, 0.5) is 0 Å². The first-order valence-corrected chi connectivity index (χ1v) is 5.68. The Balaban J connectivity index is 2.48. The van der Waals surface area contributed by atoms with E-state index in [1.54, 1.807) is 6.08 Å². The van der Waals surface area contributed by atoms with Crippen LogP contribution in [-0.4, -0.2) is 36.6 Å². The van der Waals surface area contributed by atoms with Gasteiger partial charge in [0.2, 0.25) is 0 Å². The lowest BCUT2D eigenvalue weighted by atomic mass is 10.0. The molecule has 0 bridgehead atoms. The van der Waals surface area contributed by atoms with Crippen molar-refractivity contribution < 1.29 is 9.53 Å². The van der Waals surface area contributed by atoms with Crippen LogP contribution in [0.25, 0.3) is 0 Å². The lowest BCUT2D eigenvalue weighted by Gasteiger charge is -2.33. The molecule has 0 unspecified atom stereocenters. The predicted molar refractivity (Wildman–Crippen MR) is 60.6 cm³/mol. The zero-order valence-corrected chi connectivity index (χ0v) is 9.52. The van der Waals surface area contributed by atoms with E-state index in [2.05, 4.69) is 17.5 Å². The second-order valence-electron chi connectivity index (χ2n) is 3.87. The predicted octanol–water partition coefficient (Wildman–Crippen LogP) is 1.48. The molecule has 0 aromatic carbocycles. The van der Waals surface area contributed by atoms with E-state index >= 15 is 0 Å². The lowest BCUT2D eigenvalue weighted by molar-refractivity contribution is -0.150. The van der Waals surface area contributed by atoms with Gasteiger partial charge in [-0.25, -0.2) is 0 Å². The second kappa shape index (κ2) is 7.02. The molecule has 0 radical (unpaired) electrons. The Morgan fingerprint density at radius 3 is 3.12 bits per heavy atom. The second-order valence-corrected chi connectivity index (χ2v) is 3.87. The highest BCUT2D eigenvalue weighted by molar-refractivity contribution is 5.76. The van der Waals surface area contributed by atoms with E-state index in [4.69, 9.17) is 10.00 Å². The molecule has 0 amide bonds. The van der Waals surface area contributed by atoms with Gasteiger partial charge in [-0.05, 0) is 19.4 Å². The number of rotatable bonds is 5. The number of carbonyl (C=O) groups excluding carboxylic acids is 1. The number of nitrogens with zero attached hydrogens (tertiary/aromatic N) is 2. The Bertz CT molecular complexity index is 283. The van der Waals surface area contributed by atoms with Crippen molar-refractivity contribution in [3.63, 3.8) is 0 Å². The third-order valence-electron chi connectivity index (χ3n) is 2.74. The van der Waals surface area contributed by atoms with Crippen LogP contribution >= 0.6 is 0 Å². The van der Waals surface area contributed by atoms with E-state index in [1.165, 1.54) is 0 Å². The van der Waals surface area contributed by atoms with Crippen LogP contribution in [0.3, 0.4) is 0 Å². The van der Waals surface area contributed by atoms with Gasteiger partial charge in [0.15, 0.2) is 0 Å². The topological polar surface area (TPSA) is 53.3 Å². The normalized spacial score (nSPS) is 21.1. The van der Waals surface area contributed by atoms with Crippen LogP contribution in [0.2, 0.25) is 0 Å². The molecule has 1 aliphatic heterocycles. The molecule has 1 rings (SSSR count). The molecule has 0 spiro atoms. The summed E-state index contributed by atoms with van der Waals surface area (Å²) >= 11 is 0. The number of hydrogen-bond acceptors (Lipinski definition) is 4. The van der Waals surface area contributed by atoms with E-state index in [9.17, 15) is 4.79 Å². The van der Waals surface area contributed by atoms with Gasteiger partial charge in [-0.3, -0.25) is 9.69 Å². The molecule has 1 aliphatic rings. The van der Waals surface area contributed by atoms with Crippen LogP contribution < -0.4 is 0 Å². The Labute approximate surface area is 96.5 Å². The number of esters is 1. The molecule has 0 aromatic heterocycles. The van der Waals surface area contributed by atoms with Gasteiger partial charge in [0.1, 0.15) is 12.6 Å². The van der Waals surface area contributed by atoms with Crippen LogP contribution in [0.15, 0.2) is 12.7 Å². The molecule has 1 saturated heterocycles. The van der Waals surface area contributed by atoms with Crippen molar-refractivity contribution in [2.75, 3.05) is 19.7 Å². The number of likely N-dealkylation sites (tertiary alicyclic amines) is 1. The molecule has 16 heavy (non-hydrogen) atoms. The lowest BCUT2D eigenvalue weighted by Crippen LogP contribution is -2.45. The molecule has 4 heteroatoms. The summed E-state index contributed by atoms with van der Waals surface area (Å²) in [6, 6.07) is 1.94. The van der Waals surface area contributed by atoms with Crippen molar-refractivity contribution >= 4 is 5.97 Å². The summed E-state index contributed by atoms with van der Waals surface area (Å²) in [6.45, 7) is 5.32. The summed E-state index contributed by atoms with van der Waals surface area (Å²) in [5.74, 6) is -0.183. The molecular weight excluding hydrogens is 204 g/mol. The van der Waals surface area contributed by atoms with Gasteiger partial charge >= 0.3 is 5.97 Å². The summed E-state index contributed by atoms with van der Waals surface area (Å²) in [5.41, 5.74) is 0. The van der Waals surface area contributed by atoms with Crippen molar-refractivity contribution in [1.82, 2.24) is 4.90 Å². The SMILES string of the molecule is C=CCOC(=O)[C@H]1CCCCN1CCC#N. The fourth-order valence-corrected chi connectivity index (χ4v) is 1.96. The van der Waals surface area contributed by atoms with Crippen molar-refractivity contribution in [3.8, 4) is 6.07 Å². The number of carbonyl (C=O) groups is 1. The van der Waals surface area contributed by atoms with Crippen molar-refractivity contribution in [2.45, 2.75) is 31.7 Å². The highest BCUT2D eigenvalue weighted by Crippen LogP contribution is 2.18. The third kappa shape index (κ3) is 3.67. The van der Waals surface area contributed by atoms with Gasteiger partial charge in [0.25, 0.3) is 0 Å². The van der Waals surface area contributed by atoms with E-state index in [0.717, 1.165) is 25.8 Å². The molecule has 1 heterocycles. The Hall–Kier alpha value is -1.34. The zero-order valence-electron chi connectivity index (χ0n) is 9.52. The minimum Gasteiger partial charge on any atom is -0.460 e. The Kier molecular flexibility index (Phi) is 5.58. The van der Waals surface area contributed by atoms with Gasteiger partial charge in [0, 0.05) is 13.0 Å². The molecule has 0 aromatic rings. The smallest absolute Gasteiger partial charge is 0.323 e. The number of ether oxygens (including phenoxy) is 1. The molecule has 0 aliphatic carbocycles. The first-order valence-electron chi connectivity index (χ1n) is 5.68. The first kappa shape index (κ1) is 12.7. The monoisotopic (exact) mass is 222 g/mol. The van der Waals surface area contributed by atoms with Crippen LogP contribution in [0.1, 0.15) is 25.7 Å². The van der Waals surface area contributed by atoms with Crippen LogP contribution in [0, 0.1) is 11.3 Å².